The SMILES string of the molecule is CCOC1CC(CC(=O)N2CCCC3CNCC32)C1. The molecule has 2 atom stereocenters. The van der Waals surface area contributed by atoms with E-state index in [0.29, 0.717) is 29.9 Å². The summed E-state index contributed by atoms with van der Waals surface area (Å²) >= 11 is 0. The molecule has 2 heterocycles. The number of piperidine rings is 1. The van der Waals surface area contributed by atoms with E-state index in [2.05, 4.69) is 10.2 Å². The molecule has 2 unspecified atom stereocenters. The quantitative estimate of drug-likeness (QED) is 0.836. The fourth-order valence-corrected chi connectivity index (χ4v) is 3.95. The van der Waals surface area contributed by atoms with Gasteiger partial charge in [-0.25, -0.2) is 0 Å². The Morgan fingerprint density at radius 2 is 2.21 bits per heavy atom. The second-order valence-corrected chi connectivity index (χ2v) is 6.33. The van der Waals surface area contributed by atoms with Crippen molar-refractivity contribution in [1.29, 1.82) is 0 Å². The second kappa shape index (κ2) is 5.80. The largest absolute Gasteiger partial charge is 0.378 e. The van der Waals surface area contributed by atoms with Crippen LogP contribution in [0.15, 0.2) is 0 Å². The molecular weight excluding hydrogens is 240 g/mol. The number of amides is 1. The minimum Gasteiger partial charge on any atom is -0.378 e. The van der Waals surface area contributed by atoms with Crippen LogP contribution in [0.4, 0.5) is 0 Å². The van der Waals surface area contributed by atoms with Gasteiger partial charge in [0.15, 0.2) is 0 Å². The van der Waals surface area contributed by atoms with Crippen LogP contribution in [0.2, 0.25) is 0 Å². The number of carbonyl (C=O) groups excluding carboxylic acids is 1. The Morgan fingerprint density at radius 3 is 3.00 bits per heavy atom. The summed E-state index contributed by atoms with van der Waals surface area (Å²) in [5.74, 6) is 1.66. The molecule has 2 saturated heterocycles. The molecule has 0 aromatic rings. The Bertz CT molecular complexity index is 328. The molecule has 1 N–H and O–H groups in total. The Morgan fingerprint density at radius 1 is 1.37 bits per heavy atom. The molecule has 4 heteroatoms. The van der Waals surface area contributed by atoms with Crippen LogP contribution in [0.5, 0.6) is 0 Å². The molecule has 0 spiro atoms. The van der Waals surface area contributed by atoms with E-state index in [0.717, 1.165) is 45.5 Å². The van der Waals surface area contributed by atoms with Crippen molar-refractivity contribution >= 4 is 5.91 Å². The zero-order valence-corrected chi connectivity index (χ0v) is 11.9. The topological polar surface area (TPSA) is 41.6 Å². The zero-order valence-electron chi connectivity index (χ0n) is 11.9. The third-order valence-corrected chi connectivity index (χ3v) is 5.06. The highest BCUT2D eigenvalue weighted by Gasteiger charge is 2.39. The summed E-state index contributed by atoms with van der Waals surface area (Å²) in [6.45, 7) is 5.92. The lowest BCUT2D eigenvalue weighted by Crippen LogP contribution is -2.49. The summed E-state index contributed by atoms with van der Waals surface area (Å²) < 4.78 is 5.57. The predicted octanol–water partition coefficient (Wildman–Crippen LogP) is 1.40. The molecule has 0 aromatic heterocycles. The van der Waals surface area contributed by atoms with Gasteiger partial charge in [0.1, 0.15) is 0 Å². The molecule has 1 saturated carbocycles. The van der Waals surface area contributed by atoms with E-state index < -0.39 is 0 Å². The van der Waals surface area contributed by atoms with Crippen molar-refractivity contribution in [3.63, 3.8) is 0 Å². The standard InChI is InChI=1S/C15H26N2O2/c1-2-19-13-6-11(7-13)8-15(18)17-5-3-4-12-9-16-10-14(12)17/h11-14,16H,2-10H2,1H3. The molecule has 1 aliphatic carbocycles. The highest BCUT2D eigenvalue weighted by atomic mass is 16.5. The molecule has 108 valence electrons. The van der Waals surface area contributed by atoms with Crippen LogP contribution in [0, 0.1) is 11.8 Å². The number of ether oxygens (including phenoxy) is 1. The van der Waals surface area contributed by atoms with Gasteiger partial charge in [0.25, 0.3) is 0 Å². The van der Waals surface area contributed by atoms with E-state index in [4.69, 9.17) is 4.74 Å². The Labute approximate surface area is 115 Å². The summed E-state index contributed by atoms with van der Waals surface area (Å²) in [6.07, 6.45) is 5.80. The van der Waals surface area contributed by atoms with Crippen molar-refractivity contribution in [3.8, 4) is 0 Å². The van der Waals surface area contributed by atoms with Crippen LogP contribution in [-0.2, 0) is 9.53 Å². The summed E-state index contributed by atoms with van der Waals surface area (Å²) in [5.41, 5.74) is 0. The Kier molecular flexibility index (Phi) is 4.08. The van der Waals surface area contributed by atoms with Gasteiger partial charge in [-0.1, -0.05) is 0 Å². The van der Waals surface area contributed by atoms with Gasteiger partial charge in [-0.15, -0.1) is 0 Å². The lowest BCUT2D eigenvalue weighted by molar-refractivity contribution is -0.138. The maximum absolute atomic E-state index is 12.5. The Balaban J connectivity index is 1.48. The third-order valence-electron chi connectivity index (χ3n) is 5.06. The maximum Gasteiger partial charge on any atom is 0.223 e. The highest BCUT2D eigenvalue weighted by Crippen LogP contribution is 2.34. The predicted molar refractivity (Wildman–Crippen MR) is 73.8 cm³/mol. The zero-order chi connectivity index (χ0) is 13.2. The number of carbonyl (C=O) groups is 1. The first kappa shape index (κ1) is 13.4. The van der Waals surface area contributed by atoms with Crippen LogP contribution in [0.25, 0.3) is 0 Å². The monoisotopic (exact) mass is 266 g/mol. The fraction of sp³-hybridized carbons (Fsp3) is 0.933. The highest BCUT2D eigenvalue weighted by molar-refractivity contribution is 5.77. The normalized spacial score (nSPS) is 37.8. The van der Waals surface area contributed by atoms with Crippen molar-refractivity contribution in [1.82, 2.24) is 10.2 Å². The lowest BCUT2D eigenvalue weighted by atomic mass is 9.79. The van der Waals surface area contributed by atoms with Crippen LogP contribution in [-0.4, -0.2) is 49.2 Å². The van der Waals surface area contributed by atoms with Gasteiger partial charge in [-0.2, -0.15) is 0 Å². The van der Waals surface area contributed by atoms with Gasteiger partial charge in [0.05, 0.1) is 6.10 Å². The number of rotatable bonds is 4. The summed E-state index contributed by atoms with van der Waals surface area (Å²) in [7, 11) is 0. The first-order valence-corrected chi connectivity index (χ1v) is 7.89. The van der Waals surface area contributed by atoms with Crippen molar-refractivity contribution in [2.24, 2.45) is 11.8 Å². The smallest absolute Gasteiger partial charge is 0.223 e. The number of fused-ring (bicyclic) bond motifs is 1. The van der Waals surface area contributed by atoms with Crippen molar-refractivity contribution < 1.29 is 9.53 Å². The molecule has 19 heavy (non-hydrogen) atoms. The first-order valence-electron chi connectivity index (χ1n) is 7.89. The van der Waals surface area contributed by atoms with Gasteiger partial charge in [-0.05, 0) is 44.4 Å². The number of hydrogen-bond donors (Lipinski definition) is 1. The second-order valence-electron chi connectivity index (χ2n) is 6.33. The molecule has 1 amide bonds. The van der Waals surface area contributed by atoms with Crippen molar-refractivity contribution in [2.45, 2.75) is 51.2 Å². The number of hydrogen-bond acceptors (Lipinski definition) is 3. The van der Waals surface area contributed by atoms with Crippen LogP contribution < -0.4 is 5.32 Å². The first-order chi connectivity index (χ1) is 9.28. The lowest BCUT2D eigenvalue weighted by Gasteiger charge is -2.40. The molecule has 2 aliphatic heterocycles. The number of likely N-dealkylation sites (tertiary alicyclic amines) is 1. The molecule has 0 radical (unpaired) electrons. The van der Waals surface area contributed by atoms with E-state index in [1.54, 1.807) is 0 Å². The number of nitrogens with zero attached hydrogens (tertiary/aromatic N) is 1. The van der Waals surface area contributed by atoms with E-state index >= 15 is 0 Å². The van der Waals surface area contributed by atoms with E-state index in [1.807, 2.05) is 6.92 Å². The minimum absolute atomic E-state index is 0.387. The molecule has 4 nitrogen and oxygen atoms in total. The maximum atomic E-state index is 12.5. The summed E-state index contributed by atoms with van der Waals surface area (Å²) in [6, 6.07) is 0.476. The Hall–Kier alpha value is -0.610. The van der Waals surface area contributed by atoms with Crippen molar-refractivity contribution in [3.05, 3.63) is 0 Å². The van der Waals surface area contributed by atoms with Crippen molar-refractivity contribution in [2.75, 3.05) is 26.2 Å². The average Bonchev–Trinajstić information content (AvgIpc) is 2.84. The summed E-state index contributed by atoms with van der Waals surface area (Å²) in [5, 5.41) is 3.44. The van der Waals surface area contributed by atoms with E-state index in [1.165, 1.54) is 12.8 Å². The number of nitrogens with one attached hydrogen (secondary N) is 1. The molecule has 0 aromatic carbocycles. The van der Waals surface area contributed by atoms with Gasteiger partial charge in [-0.3, -0.25) is 4.79 Å². The average molecular weight is 266 g/mol. The van der Waals surface area contributed by atoms with Gasteiger partial charge >= 0.3 is 0 Å². The van der Waals surface area contributed by atoms with Gasteiger partial charge < -0.3 is 15.0 Å². The summed E-state index contributed by atoms with van der Waals surface area (Å²) in [4.78, 5) is 14.6. The van der Waals surface area contributed by atoms with Crippen LogP contribution >= 0.6 is 0 Å². The van der Waals surface area contributed by atoms with Crippen LogP contribution in [0.3, 0.4) is 0 Å². The van der Waals surface area contributed by atoms with E-state index in [-0.39, 0.29) is 0 Å². The molecular formula is C15H26N2O2. The minimum atomic E-state index is 0.387. The fourth-order valence-electron chi connectivity index (χ4n) is 3.95. The molecule has 3 fully saturated rings. The van der Waals surface area contributed by atoms with Gasteiger partial charge in [0.2, 0.25) is 5.91 Å². The van der Waals surface area contributed by atoms with Crippen LogP contribution in [0.1, 0.15) is 39.0 Å². The molecule has 3 aliphatic rings. The van der Waals surface area contributed by atoms with E-state index in [9.17, 15) is 4.79 Å². The third kappa shape index (κ3) is 2.79. The molecule has 3 rings (SSSR count). The molecule has 0 bridgehead atoms. The van der Waals surface area contributed by atoms with Gasteiger partial charge in [0, 0.05) is 38.7 Å².